The molecule has 0 aromatic heterocycles. The molecule has 3 rings (SSSR count). The van der Waals surface area contributed by atoms with Crippen LogP contribution in [0.2, 0.25) is 0 Å². The Labute approximate surface area is 93.4 Å². The minimum Gasteiger partial charge on any atom is -0.317 e. The second-order valence-electron chi connectivity index (χ2n) is 6.05. The van der Waals surface area contributed by atoms with E-state index in [1.165, 1.54) is 58.0 Å². The highest BCUT2D eigenvalue weighted by molar-refractivity contribution is 5.02. The van der Waals surface area contributed by atoms with Crippen molar-refractivity contribution < 1.29 is 0 Å². The fraction of sp³-hybridized carbons (Fsp3) is 1.00. The largest absolute Gasteiger partial charge is 0.317 e. The van der Waals surface area contributed by atoms with Gasteiger partial charge in [-0.2, -0.15) is 0 Å². The van der Waals surface area contributed by atoms with Gasteiger partial charge < -0.3 is 5.32 Å². The first kappa shape index (κ1) is 10.1. The summed E-state index contributed by atoms with van der Waals surface area (Å²) in [5, 5.41) is 3.42. The van der Waals surface area contributed by atoms with Crippen molar-refractivity contribution in [2.75, 3.05) is 20.1 Å². The van der Waals surface area contributed by atoms with Gasteiger partial charge in [-0.05, 0) is 51.0 Å². The molecule has 0 aromatic rings. The third-order valence-corrected chi connectivity index (χ3v) is 5.11. The van der Waals surface area contributed by atoms with E-state index in [0.29, 0.717) is 0 Å². The molecule has 1 N–H and O–H groups in total. The predicted molar refractivity (Wildman–Crippen MR) is 63.0 cm³/mol. The zero-order chi connectivity index (χ0) is 10.3. The van der Waals surface area contributed by atoms with Crippen LogP contribution in [-0.2, 0) is 0 Å². The fourth-order valence-corrected chi connectivity index (χ4v) is 3.80. The summed E-state index contributed by atoms with van der Waals surface area (Å²) >= 11 is 0. The van der Waals surface area contributed by atoms with Gasteiger partial charge in [-0.3, -0.25) is 4.90 Å². The summed E-state index contributed by atoms with van der Waals surface area (Å²) in [6.07, 6.45) is 10.2. The van der Waals surface area contributed by atoms with Crippen molar-refractivity contribution >= 4 is 0 Å². The molecule has 0 radical (unpaired) electrons. The maximum Gasteiger partial charge on any atom is 0.00968 e. The van der Waals surface area contributed by atoms with Crippen LogP contribution in [0.1, 0.15) is 44.9 Å². The SMILES string of the molecule is CNC1CCC(N2CC3(CCC3)C2)CC1. The van der Waals surface area contributed by atoms with Crippen molar-refractivity contribution in [3.8, 4) is 0 Å². The van der Waals surface area contributed by atoms with Crippen molar-refractivity contribution in [1.82, 2.24) is 10.2 Å². The Balaban J connectivity index is 1.45. The van der Waals surface area contributed by atoms with Crippen LogP contribution in [0.15, 0.2) is 0 Å². The van der Waals surface area contributed by atoms with E-state index in [0.717, 1.165) is 17.5 Å². The summed E-state index contributed by atoms with van der Waals surface area (Å²) in [4.78, 5) is 2.77. The highest BCUT2D eigenvalue weighted by Crippen LogP contribution is 2.49. The maximum absolute atomic E-state index is 3.42. The molecule has 3 fully saturated rings. The van der Waals surface area contributed by atoms with Crippen molar-refractivity contribution in [2.24, 2.45) is 5.41 Å². The molecule has 1 aliphatic heterocycles. The highest BCUT2D eigenvalue weighted by atomic mass is 15.2. The molecule has 0 amide bonds. The van der Waals surface area contributed by atoms with Crippen LogP contribution in [0.3, 0.4) is 0 Å². The number of nitrogens with zero attached hydrogens (tertiary/aromatic N) is 1. The van der Waals surface area contributed by atoms with E-state index in [4.69, 9.17) is 0 Å². The summed E-state index contributed by atoms with van der Waals surface area (Å²) in [7, 11) is 2.11. The van der Waals surface area contributed by atoms with Gasteiger partial charge in [-0.15, -0.1) is 0 Å². The molecule has 1 heterocycles. The Kier molecular flexibility index (Phi) is 2.52. The zero-order valence-electron chi connectivity index (χ0n) is 9.97. The van der Waals surface area contributed by atoms with Gasteiger partial charge in [0.25, 0.3) is 0 Å². The lowest BCUT2D eigenvalue weighted by Gasteiger charge is -2.59. The normalized spacial score (nSPS) is 39.8. The predicted octanol–water partition coefficient (Wildman–Crippen LogP) is 2.00. The van der Waals surface area contributed by atoms with E-state index in [1.54, 1.807) is 0 Å². The molecule has 2 nitrogen and oxygen atoms in total. The molecule has 1 saturated heterocycles. The second-order valence-corrected chi connectivity index (χ2v) is 6.05. The van der Waals surface area contributed by atoms with Crippen LogP contribution in [0.4, 0.5) is 0 Å². The van der Waals surface area contributed by atoms with Gasteiger partial charge in [0.05, 0.1) is 0 Å². The summed E-state index contributed by atoms with van der Waals surface area (Å²) in [6, 6.07) is 1.74. The Morgan fingerprint density at radius 3 is 2.20 bits per heavy atom. The van der Waals surface area contributed by atoms with Crippen molar-refractivity contribution in [2.45, 2.75) is 57.0 Å². The van der Waals surface area contributed by atoms with E-state index < -0.39 is 0 Å². The molecule has 0 bridgehead atoms. The molecular weight excluding hydrogens is 184 g/mol. The number of hydrogen-bond acceptors (Lipinski definition) is 2. The minimum atomic E-state index is 0.806. The van der Waals surface area contributed by atoms with E-state index in [1.807, 2.05) is 0 Å². The van der Waals surface area contributed by atoms with Crippen LogP contribution in [0.25, 0.3) is 0 Å². The number of likely N-dealkylation sites (tertiary alicyclic amines) is 1. The minimum absolute atomic E-state index is 0.806. The molecule has 2 aliphatic carbocycles. The van der Waals surface area contributed by atoms with Crippen LogP contribution in [0, 0.1) is 5.41 Å². The summed E-state index contributed by atoms with van der Waals surface area (Å²) in [5.41, 5.74) is 0.819. The molecular formula is C13H24N2. The fourth-order valence-electron chi connectivity index (χ4n) is 3.80. The van der Waals surface area contributed by atoms with Gasteiger partial charge in [-0.1, -0.05) is 6.42 Å². The average Bonchev–Trinajstić information content (AvgIpc) is 2.14. The molecule has 15 heavy (non-hydrogen) atoms. The van der Waals surface area contributed by atoms with Gasteiger partial charge >= 0.3 is 0 Å². The number of nitrogens with one attached hydrogen (secondary N) is 1. The lowest BCUT2D eigenvalue weighted by atomic mass is 9.63. The van der Waals surface area contributed by atoms with Gasteiger partial charge in [0.15, 0.2) is 0 Å². The molecule has 2 saturated carbocycles. The molecule has 86 valence electrons. The van der Waals surface area contributed by atoms with Gasteiger partial charge in [0.2, 0.25) is 0 Å². The summed E-state index contributed by atoms with van der Waals surface area (Å²) < 4.78 is 0. The lowest BCUT2D eigenvalue weighted by molar-refractivity contribution is -0.0903. The quantitative estimate of drug-likeness (QED) is 0.747. The monoisotopic (exact) mass is 208 g/mol. The standard InChI is InChI=1S/C13H24N2/c1-14-11-3-5-12(6-4-11)15-9-13(10-15)7-2-8-13/h11-12,14H,2-10H2,1H3. The third kappa shape index (κ3) is 1.72. The van der Waals surface area contributed by atoms with Crippen LogP contribution in [-0.4, -0.2) is 37.1 Å². The average molecular weight is 208 g/mol. The third-order valence-electron chi connectivity index (χ3n) is 5.11. The lowest BCUT2D eigenvalue weighted by Crippen LogP contribution is -2.63. The molecule has 1 spiro atoms. The summed E-state index contributed by atoms with van der Waals surface area (Å²) in [5.74, 6) is 0. The molecule has 0 aromatic carbocycles. The van der Waals surface area contributed by atoms with Crippen LogP contribution in [0.5, 0.6) is 0 Å². The van der Waals surface area contributed by atoms with Crippen molar-refractivity contribution in [1.29, 1.82) is 0 Å². The highest BCUT2D eigenvalue weighted by Gasteiger charge is 2.49. The Bertz CT molecular complexity index is 219. The van der Waals surface area contributed by atoms with Crippen molar-refractivity contribution in [3.63, 3.8) is 0 Å². The smallest absolute Gasteiger partial charge is 0.00968 e. The van der Waals surface area contributed by atoms with Gasteiger partial charge in [-0.25, -0.2) is 0 Å². The molecule has 0 atom stereocenters. The topological polar surface area (TPSA) is 15.3 Å². The first-order chi connectivity index (χ1) is 7.31. The first-order valence-electron chi connectivity index (χ1n) is 6.73. The van der Waals surface area contributed by atoms with Gasteiger partial charge in [0.1, 0.15) is 0 Å². The zero-order valence-corrected chi connectivity index (χ0v) is 9.97. The Morgan fingerprint density at radius 1 is 1.07 bits per heavy atom. The van der Waals surface area contributed by atoms with E-state index in [-0.39, 0.29) is 0 Å². The molecule has 2 heteroatoms. The summed E-state index contributed by atoms with van der Waals surface area (Å²) in [6.45, 7) is 2.86. The van der Waals surface area contributed by atoms with Crippen molar-refractivity contribution in [3.05, 3.63) is 0 Å². The number of rotatable bonds is 2. The van der Waals surface area contributed by atoms with Crippen LogP contribution < -0.4 is 5.32 Å². The van der Waals surface area contributed by atoms with E-state index in [9.17, 15) is 0 Å². The van der Waals surface area contributed by atoms with E-state index >= 15 is 0 Å². The maximum atomic E-state index is 3.42. The number of hydrogen-bond donors (Lipinski definition) is 1. The van der Waals surface area contributed by atoms with E-state index in [2.05, 4.69) is 17.3 Å². The van der Waals surface area contributed by atoms with Crippen LogP contribution >= 0.6 is 0 Å². The molecule has 3 aliphatic rings. The Hall–Kier alpha value is -0.0800. The first-order valence-corrected chi connectivity index (χ1v) is 6.73. The second kappa shape index (κ2) is 3.74. The Morgan fingerprint density at radius 2 is 1.73 bits per heavy atom. The van der Waals surface area contributed by atoms with Gasteiger partial charge in [0, 0.05) is 25.2 Å². The molecule has 0 unspecified atom stereocenters.